The first-order chi connectivity index (χ1) is 12.6. The van der Waals surface area contributed by atoms with Crippen molar-refractivity contribution < 1.29 is 14.3 Å². The van der Waals surface area contributed by atoms with Gasteiger partial charge in [0.1, 0.15) is 11.5 Å². The average Bonchev–Trinajstić information content (AvgIpc) is 3.10. The summed E-state index contributed by atoms with van der Waals surface area (Å²) in [6.07, 6.45) is 7.20. The lowest BCUT2D eigenvalue weighted by Gasteiger charge is -2.32. The minimum absolute atomic E-state index is 0.222. The molecule has 2 aromatic rings. The van der Waals surface area contributed by atoms with Crippen LogP contribution in [0.1, 0.15) is 24.8 Å². The molecule has 0 aliphatic carbocycles. The van der Waals surface area contributed by atoms with E-state index in [1.54, 1.807) is 11.8 Å². The zero-order chi connectivity index (χ0) is 18.4. The fourth-order valence-electron chi connectivity index (χ4n) is 3.34. The molecule has 6 nitrogen and oxygen atoms in total. The number of hydrogen-bond donors (Lipinski definition) is 0. The Kier molecular flexibility index (Phi) is 6.15. The van der Waals surface area contributed by atoms with Gasteiger partial charge in [0.05, 0.1) is 19.9 Å². The molecule has 140 valence electrons. The average molecular weight is 357 g/mol. The first-order valence-electron chi connectivity index (χ1n) is 9.16. The summed E-state index contributed by atoms with van der Waals surface area (Å²) in [4.78, 5) is 14.5. The van der Waals surface area contributed by atoms with Crippen molar-refractivity contribution in [2.24, 2.45) is 13.0 Å². The number of benzene rings is 1. The topological polar surface area (TPSA) is 56.6 Å². The number of amides is 1. The van der Waals surface area contributed by atoms with Gasteiger partial charge in [0.15, 0.2) is 0 Å². The Morgan fingerprint density at radius 2 is 2.19 bits per heavy atom. The number of carbonyl (C=O) groups is 1. The van der Waals surface area contributed by atoms with Crippen LogP contribution < -0.4 is 9.47 Å². The lowest BCUT2D eigenvalue weighted by atomic mass is 9.98. The third-order valence-corrected chi connectivity index (χ3v) is 4.78. The second kappa shape index (κ2) is 8.74. The highest BCUT2D eigenvalue weighted by Crippen LogP contribution is 2.22. The first kappa shape index (κ1) is 18.3. The molecule has 1 aromatic heterocycles. The number of aryl methyl sites for hydroxylation is 2. The van der Waals surface area contributed by atoms with Crippen LogP contribution in [-0.4, -0.2) is 47.4 Å². The molecule has 3 rings (SSSR count). The Morgan fingerprint density at radius 3 is 2.96 bits per heavy atom. The molecule has 0 saturated carbocycles. The smallest absolute Gasteiger partial charge is 0.222 e. The van der Waals surface area contributed by atoms with Crippen molar-refractivity contribution in [1.29, 1.82) is 0 Å². The highest BCUT2D eigenvalue weighted by Gasteiger charge is 2.24. The first-order valence-corrected chi connectivity index (χ1v) is 9.16. The Morgan fingerprint density at radius 1 is 1.35 bits per heavy atom. The van der Waals surface area contributed by atoms with Crippen LogP contribution in [0.25, 0.3) is 0 Å². The van der Waals surface area contributed by atoms with E-state index in [1.807, 2.05) is 48.6 Å². The van der Waals surface area contributed by atoms with Gasteiger partial charge < -0.3 is 14.4 Å². The fourth-order valence-corrected chi connectivity index (χ4v) is 3.34. The Hall–Kier alpha value is -2.50. The molecule has 0 N–H and O–H groups in total. The zero-order valence-electron chi connectivity index (χ0n) is 15.6. The number of rotatable bonds is 7. The van der Waals surface area contributed by atoms with E-state index in [1.165, 1.54) is 0 Å². The maximum Gasteiger partial charge on any atom is 0.222 e. The van der Waals surface area contributed by atoms with Crippen LogP contribution in [-0.2, 0) is 18.3 Å². The molecule has 1 aromatic carbocycles. The zero-order valence-corrected chi connectivity index (χ0v) is 15.6. The maximum absolute atomic E-state index is 12.5. The standard InChI is InChI=1S/C20H27N3O3/c1-22-13-16(12-21-22)8-9-20(24)23-10-4-5-17(14-23)15-26-19-7-3-6-18(11-19)25-2/h3,6-7,11-13,17H,4-5,8-10,14-15H2,1-2H3/t17-/m0/s1. The number of hydrogen-bond acceptors (Lipinski definition) is 4. The van der Waals surface area contributed by atoms with Gasteiger partial charge in [0.25, 0.3) is 0 Å². The largest absolute Gasteiger partial charge is 0.497 e. The molecule has 1 aliphatic heterocycles. The van der Waals surface area contributed by atoms with Crippen molar-refractivity contribution in [2.75, 3.05) is 26.8 Å². The Balaban J connectivity index is 1.46. The molecule has 0 spiro atoms. The maximum atomic E-state index is 12.5. The van der Waals surface area contributed by atoms with Crippen LogP contribution in [0.3, 0.4) is 0 Å². The number of methoxy groups -OCH3 is 1. The summed E-state index contributed by atoms with van der Waals surface area (Å²) in [6, 6.07) is 7.64. The lowest BCUT2D eigenvalue weighted by Crippen LogP contribution is -2.41. The van der Waals surface area contributed by atoms with E-state index >= 15 is 0 Å². The van der Waals surface area contributed by atoms with Crippen molar-refractivity contribution in [3.8, 4) is 11.5 Å². The molecule has 0 bridgehead atoms. The summed E-state index contributed by atoms with van der Waals surface area (Å²) in [7, 11) is 3.54. The molecule has 0 radical (unpaired) electrons. The molecular formula is C20H27N3O3. The molecule has 0 unspecified atom stereocenters. The normalized spacial score (nSPS) is 17.2. The number of nitrogens with zero attached hydrogens (tertiary/aromatic N) is 3. The van der Waals surface area contributed by atoms with Crippen molar-refractivity contribution in [2.45, 2.75) is 25.7 Å². The quantitative estimate of drug-likeness (QED) is 0.764. The minimum Gasteiger partial charge on any atom is -0.497 e. The number of piperidine rings is 1. The van der Waals surface area contributed by atoms with Crippen LogP contribution in [0.5, 0.6) is 11.5 Å². The Labute approximate surface area is 154 Å². The summed E-state index contributed by atoms with van der Waals surface area (Å²) in [5.41, 5.74) is 1.11. The summed E-state index contributed by atoms with van der Waals surface area (Å²) in [5.74, 6) is 2.19. The number of aromatic nitrogens is 2. The monoisotopic (exact) mass is 357 g/mol. The second-order valence-electron chi connectivity index (χ2n) is 6.86. The number of ether oxygens (including phenoxy) is 2. The molecular weight excluding hydrogens is 330 g/mol. The van der Waals surface area contributed by atoms with Crippen LogP contribution >= 0.6 is 0 Å². The van der Waals surface area contributed by atoms with Gasteiger partial charge in [0, 0.05) is 44.7 Å². The molecule has 1 saturated heterocycles. The van der Waals surface area contributed by atoms with E-state index in [-0.39, 0.29) is 5.91 Å². The van der Waals surface area contributed by atoms with Gasteiger partial charge >= 0.3 is 0 Å². The third kappa shape index (κ3) is 5.00. The molecule has 1 aliphatic rings. The van der Waals surface area contributed by atoms with Crippen molar-refractivity contribution in [3.63, 3.8) is 0 Å². The molecule has 26 heavy (non-hydrogen) atoms. The summed E-state index contributed by atoms with van der Waals surface area (Å²) >= 11 is 0. The van der Waals surface area contributed by atoms with Crippen LogP contribution in [0.15, 0.2) is 36.7 Å². The van der Waals surface area contributed by atoms with E-state index in [4.69, 9.17) is 9.47 Å². The van der Waals surface area contributed by atoms with E-state index in [0.717, 1.165) is 49.4 Å². The van der Waals surface area contributed by atoms with Gasteiger partial charge in [0.2, 0.25) is 5.91 Å². The minimum atomic E-state index is 0.222. The molecule has 1 atom stereocenters. The second-order valence-corrected chi connectivity index (χ2v) is 6.86. The van der Waals surface area contributed by atoms with Crippen LogP contribution in [0.2, 0.25) is 0 Å². The molecule has 2 heterocycles. The van der Waals surface area contributed by atoms with Crippen molar-refractivity contribution in [3.05, 3.63) is 42.2 Å². The van der Waals surface area contributed by atoms with Gasteiger partial charge in [-0.1, -0.05) is 6.07 Å². The van der Waals surface area contributed by atoms with Gasteiger partial charge in [-0.2, -0.15) is 5.10 Å². The van der Waals surface area contributed by atoms with E-state index in [9.17, 15) is 4.79 Å². The number of carbonyl (C=O) groups excluding carboxylic acids is 1. The van der Waals surface area contributed by atoms with E-state index in [0.29, 0.717) is 18.9 Å². The van der Waals surface area contributed by atoms with Crippen molar-refractivity contribution >= 4 is 5.91 Å². The molecule has 1 amide bonds. The van der Waals surface area contributed by atoms with Crippen LogP contribution in [0.4, 0.5) is 0 Å². The van der Waals surface area contributed by atoms with Crippen LogP contribution in [0, 0.1) is 5.92 Å². The summed E-state index contributed by atoms with van der Waals surface area (Å²) < 4.78 is 12.9. The van der Waals surface area contributed by atoms with Gasteiger partial charge in [-0.05, 0) is 37.0 Å². The van der Waals surface area contributed by atoms with Crippen molar-refractivity contribution in [1.82, 2.24) is 14.7 Å². The molecule has 1 fully saturated rings. The van der Waals surface area contributed by atoms with E-state index in [2.05, 4.69) is 5.10 Å². The highest BCUT2D eigenvalue weighted by atomic mass is 16.5. The highest BCUT2D eigenvalue weighted by molar-refractivity contribution is 5.76. The predicted molar refractivity (Wildman–Crippen MR) is 99.3 cm³/mol. The third-order valence-electron chi connectivity index (χ3n) is 4.78. The van der Waals surface area contributed by atoms with Gasteiger partial charge in [-0.15, -0.1) is 0 Å². The predicted octanol–water partition coefficient (Wildman–Crippen LogP) is 2.68. The van der Waals surface area contributed by atoms with Gasteiger partial charge in [-0.25, -0.2) is 0 Å². The summed E-state index contributed by atoms with van der Waals surface area (Å²) in [5, 5.41) is 4.15. The number of likely N-dealkylation sites (tertiary alicyclic amines) is 1. The summed E-state index contributed by atoms with van der Waals surface area (Å²) in [6.45, 7) is 2.25. The van der Waals surface area contributed by atoms with Gasteiger partial charge in [-0.3, -0.25) is 9.48 Å². The fraction of sp³-hybridized carbons (Fsp3) is 0.500. The SMILES string of the molecule is COc1cccc(OC[C@H]2CCCN(C(=O)CCc3cnn(C)c3)C2)c1. The Bertz CT molecular complexity index is 729. The van der Waals surface area contributed by atoms with E-state index < -0.39 is 0 Å². The lowest BCUT2D eigenvalue weighted by molar-refractivity contribution is -0.133. The molecule has 6 heteroatoms.